The molecule has 0 saturated heterocycles. The highest BCUT2D eigenvalue weighted by Gasteiger charge is 2.13. The van der Waals surface area contributed by atoms with Crippen molar-refractivity contribution in [3.63, 3.8) is 0 Å². The molecule has 2 aromatic rings. The van der Waals surface area contributed by atoms with E-state index in [0.29, 0.717) is 21.9 Å². The van der Waals surface area contributed by atoms with E-state index >= 15 is 0 Å². The summed E-state index contributed by atoms with van der Waals surface area (Å²) in [6.07, 6.45) is 0.510. The van der Waals surface area contributed by atoms with E-state index in [1.54, 1.807) is 36.4 Å². The quantitative estimate of drug-likeness (QED) is 0.659. The van der Waals surface area contributed by atoms with Crippen LogP contribution in [0.1, 0.15) is 33.6 Å². The zero-order chi connectivity index (χ0) is 13.8. The molecule has 1 N–H and O–H groups in total. The summed E-state index contributed by atoms with van der Waals surface area (Å²) in [7, 11) is 0. The number of rotatable bonds is 5. The van der Waals surface area contributed by atoms with E-state index in [1.807, 2.05) is 0 Å². The van der Waals surface area contributed by atoms with Crippen LogP contribution in [0.2, 0.25) is 0 Å². The minimum atomic E-state index is -0.998. The average molecular weight is 256 g/mol. The molecule has 4 nitrogen and oxygen atoms in total. The number of carbonyl (C=O) groups is 3. The highest BCUT2D eigenvalue weighted by atomic mass is 16.4. The van der Waals surface area contributed by atoms with Crippen LogP contribution in [0.3, 0.4) is 0 Å². The summed E-state index contributed by atoms with van der Waals surface area (Å²) in [5.74, 6) is -1.22. The van der Waals surface area contributed by atoms with Crippen molar-refractivity contribution in [3.05, 3.63) is 47.5 Å². The zero-order valence-electron chi connectivity index (χ0n) is 10.1. The first-order valence-electron chi connectivity index (χ1n) is 5.85. The normalized spacial score (nSPS) is 10.3. The molecule has 0 fully saturated rings. The molecule has 96 valence electrons. The molecule has 19 heavy (non-hydrogen) atoms. The Kier molecular flexibility index (Phi) is 3.71. The lowest BCUT2D eigenvalue weighted by Crippen LogP contribution is -2.05. The number of aldehydes is 1. The van der Waals surface area contributed by atoms with E-state index in [9.17, 15) is 14.4 Å². The molecule has 0 amide bonds. The second-order valence-corrected chi connectivity index (χ2v) is 4.18. The number of ketones is 1. The molecule has 0 bridgehead atoms. The van der Waals surface area contributed by atoms with E-state index in [-0.39, 0.29) is 18.6 Å². The molecule has 2 rings (SSSR count). The van der Waals surface area contributed by atoms with Gasteiger partial charge in [-0.05, 0) is 10.8 Å². The van der Waals surface area contributed by atoms with Gasteiger partial charge < -0.3 is 5.11 Å². The molecule has 0 aliphatic heterocycles. The lowest BCUT2D eigenvalue weighted by atomic mass is 9.96. The molecule has 0 radical (unpaired) electrons. The third-order valence-corrected chi connectivity index (χ3v) is 2.95. The first-order valence-corrected chi connectivity index (χ1v) is 5.85. The van der Waals surface area contributed by atoms with Crippen LogP contribution in [0.5, 0.6) is 0 Å². The fourth-order valence-corrected chi connectivity index (χ4v) is 2.02. The number of carbonyl (C=O) groups excluding carboxylic acids is 2. The van der Waals surface area contributed by atoms with Crippen molar-refractivity contribution in [3.8, 4) is 0 Å². The maximum absolute atomic E-state index is 12.0. The zero-order valence-corrected chi connectivity index (χ0v) is 10.1. The molecular weight excluding hydrogens is 244 g/mol. The van der Waals surface area contributed by atoms with Crippen molar-refractivity contribution in [1.29, 1.82) is 0 Å². The van der Waals surface area contributed by atoms with Gasteiger partial charge in [-0.2, -0.15) is 0 Å². The Bertz CT molecular complexity index is 658. The van der Waals surface area contributed by atoms with Gasteiger partial charge in [0, 0.05) is 17.5 Å². The van der Waals surface area contributed by atoms with Gasteiger partial charge in [-0.1, -0.05) is 36.4 Å². The number of benzene rings is 2. The van der Waals surface area contributed by atoms with Crippen LogP contribution in [0.25, 0.3) is 10.8 Å². The van der Waals surface area contributed by atoms with E-state index in [0.717, 1.165) is 6.29 Å². The average Bonchev–Trinajstić information content (AvgIpc) is 2.43. The van der Waals surface area contributed by atoms with Gasteiger partial charge in [0.15, 0.2) is 12.1 Å². The van der Waals surface area contributed by atoms with Gasteiger partial charge in [-0.15, -0.1) is 0 Å². The van der Waals surface area contributed by atoms with Crippen molar-refractivity contribution in [2.75, 3.05) is 0 Å². The maximum Gasteiger partial charge on any atom is 0.303 e. The largest absolute Gasteiger partial charge is 0.481 e. The maximum atomic E-state index is 12.0. The third-order valence-electron chi connectivity index (χ3n) is 2.95. The van der Waals surface area contributed by atoms with Crippen LogP contribution in [0, 0.1) is 0 Å². The van der Waals surface area contributed by atoms with Crippen LogP contribution in [0.4, 0.5) is 0 Å². The summed E-state index contributed by atoms with van der Waals surface area (Å²) in [5.41, 5.74) is 0.979. The van der Waals surface area contributed by atoms with Crippen molar-refractivity contribution < 1.29 is 19.5 Å². The number of carboxylic acids is 1. The molecular formula is C15H12O4. The summed E-state index contributed by atoms with van der Waals surface area (Å²) in [4.78, 5) is 33.5. The van der Waals surface area contributed by atoms with Crippen LogP contribution in [-0.4, -0.2) is 23.1 Å². The molecule has 0 aliphatic rings. The molecule has 0 spiro atoms. The van der Waals surface area contributed by atoms with Gasteiger partial charge in [0.2, 0.25) is 0 Å². The minimum Gasteiger partial charge on any atom is -0.481 e. The summed E-state index contributed by atoms with van der Waals surface area (Å²) in [5, 5.41) is 10.00. The Morgan fingerprint density at radius 3 is 2.32 bits per heavy atom. The lowest BCUT2D eigenvalue weighted by molar-refractivity contribution is -0.136. The Balaban J connectivity index is 2.47. The molecule has 2 aromatic carbocycles. The highest BCUT2D eigenvalue weighted by Crippen LogP contribution is 2.23. The molecule has 0 aliphatic carbocycles. The Hall–Kier alpha value is -2.49. The first-order chi connectivity index (χ1) is 9.13. The topological polar surface area (TPSA) is 71.4 Å². The highest BCUT2D eigenvalue weighted by molar-refractivity contribution is 6.12. The van der Waals surface area contributed by atoms with Crippen LogP contribution in [-0.2, 0) is 4.79 Å². The Morgan fingerprint density at radius 2 is 1.68 bits per heavy atom. The standard InChI is InChI=1S/C15H12O4/c16-9-10-5-6-13(14(17)7-8-15(18)19)12-4-2-1-3-11(10)12/h1-6,9H,7-8H2,(H,18,19). The van der Waals surface area contributed by atoms with E-state index in [2.05, 4.69) is 0 Å². The van der Waals surface area contributed by atoms with Crippen molar-refractivity contribution in [2.45, 2.75) is 12.8 Å². The fraction of sp³-hybridized carbons (Fsp3) is 0.133. The predicted molar refractivity (Wildman–Crippen MR) is 70.5 cm³/mol. The summed E-state index contributed by atoms with van der Waals surface area (Å²) >= 11 is 0. The van der Waals surface area contributed by atoms with Crippen LogP contribution in [0.15, 0.2) is 36.4 Å². The minimum absolute atomic E-state index is 0.0419. The van der Waals surface area contributed by atoms with Crippen molar-refractivity contribution in [2.24, 2.45) is 0 Å². The van der Waals surface area contributed by atoms with Crippen molar-refractivity contribution >= 4 is 28.8 Å². The number of hydrogen-bond acceptors (Lipinski definition) is 3. The van der Waals surface area contributed by atoms with E-state index < -0.39 is 5.97 Å². The molecule has 4 heteroatoms. The number of fused-ring (bicyclic) bond motifs is 1. The monoisotopic (exact) mass is 256 g/mol. The Morgan fingerprint density at radius 1 is 1.00 bits per heavy atom. The predicted octanol–water partition coefficient (Wildman–Crippen LogP) is 2.70. The fourth-order valence-electron chi connectivity index (χ4n) is 2.02. The van der Waals surface area contributed by atoms with Gasteiger partial charge in [0.25, 0.3) is 0 Å². The summed E-state index contributed by atoms with van der Waals surface area (Å²) in [6.45, 7) is 0. The second-order valence-electron chi connectivity index (χ2n) is 4.18. The molecule has 0 aromatic heterocycles. The number of Topliss-reactive ketones (excluding diaryl/α,β-unsaturated/α-hetero) is 1. The van der Waals surface area contributed by atoms with E-state index in [4.69, 9.17) is 5.11 Å². The van der Waals surface area contributed by atoms with Gasteiger partial charge in [-0.25, -0.2) is 0 Å². The third kappa shape index (κ3) is 2.68. The van der Waals surface area contributed by atoms with Crippen molar-refractivity contribution in [1.82, 2.24) is 0 Å². The lowest BCUT2D eigenvalue weighted by Gasteiger charge is -2.07. The number of hydrogen-bond donors (Lipinski definition) is 1. The van der Waals surface area contributed by atoms with Gasteiger partial charge in [0.1, 0.15) is 0 Å². The number of carboxylic acid groups (broad SMARTS) is 1. The molecule has 0 unspecified atom stereocenters. The smallest absolute Gasteiger partial charge is 0.303 e. The first kappa shape index (κ1) is 13.0. The summed E-state index contributed by atoms with van der Waals surface area (Å²) in [6, 6.07) is 10.3. The summed E-state index contributed by atoms with van der Waals surface area (Å²) < 4.78 is 0. The Labute approximate surface area is 109 Å². The second kappa shape index (κ2) is 5.44. The van der Waals surface area contributed by atoms with Crippen LogP contribution >= 0.6 is 0 Å². The molecule has 0 atom stereocenters. The van der Waals surface area contributed by atoms with E-state index in [1.165, 1.54) is 0 Å². The molecule has 0 saturated carbocycles. The number of aliphatic carboxylic acids is 1. The van der Waals surface area contributed by atoms with Gasteiger partial charge in [-0.3, -0.25) is 14.4 Å². The van der Waals surface area contributed by atoms with Gasteiger partial charge in [0.05, 0.1) is 6.42 Å². The van der Waals surface area contributed by atoms with Crippen LogP contribution < -0.4 is 0 Å². The molecule has 0 heterocycles. The van der Waals surface area contributed by atoms with Gasteiger partial charge >= 0.3 is 5.97 Å². The SMILES string of the molecule is O=Cc1ccc(C(=O)CCC(=O)O)c2ccccc12.